The van der Waals surface area contributed by atoms with E-state index in [1.54, 1.807) is 44.6 Å². The molecule has 2 aromatic rings. The van der Waals surface area contributed by atoms with Gasteiger partial charge < -0.3 is 14.2 Å². The van der Waals surface area contributed by atoms with Crippen LogP contribution in [0.25, 0.3) is 11.8 Å². The van der Waals surface area contributed by atoms with Gasteiger partial charge in [-0.3, -0.25) is 0 Å². The Hall–Kier alpha value is -2.53. The maximum Gasteiger partial charge on any atom is 0.343 e. The zero-order valence-electron chi connectivity index (χ0n) is 13.2. The van der Waals surface area contributed by atoms with Crippen molar-refractivity contribution in [3.8, 4) is 11.5 Å². The van der Waals surface area contributed by atoms with Crippen LogP contribution in [0.3, 0.4) is 0 Å². The van der Waals surface area contributed by atoms with Gasteiger partial charge in [-0.25, -0.2) is 4.79 Å². The number of methoxy groups -OCH3 is 2. The first-order valence-electron chi connectivity index (χ1n) is 7.24. The van der Waals surface area contributed by atoms with Crippen molar-refractivity contribution in [3.63, 3.8) is 0 Å². The normalized spacial score (nSPS) is 15.2. The van der Waals surface area contributed by atoms with E-state index in [0.29, 0.717) is 28.4 Å². The number of cyclic esters (lactones) is 1. The van der Waals surface area contributed by atoms with Crippen LogP contribution in [-0.4, -0.2) is 20.2 Å². The molecule has 0 saturated heterocycles. The zero-order chi connectivity index (χ0) is 17.1. The Balaban J connectivity index is 1.97. The molecule has 0 aromatic heterocycles. The summed E-state index contributed by atoms with van der Waals surface area (Å²) in [5, 5.41) is 0. The van der Waals surface area contributed by atoms with E-state index in [1.807, 2.05) is 24.3 Å². The minimum atomic E-state index is -0.386. The van der Waals surface area contributed by atoms with E-state index in [4.69, 9.17) is 14.2 Å². The molecule has 2 aromatic carbocycles. The Morgan fingerprint density at radius 2 is 1.92 bits per heavy atom. The Morgan fingerprint density at radius 3 is 2.62 bits per heavy atom. The van der Waals surface area contributed by atoms with E-state index in [2.05, 4.69) is 15.9 Å². The smallest absolute Gasteiger partial charge is 0.343 e. The molecule has 1 heterocycles. The first kappa shape index (κ1) is 16.3. The van der Waals surface area contributed by atoms with Crippen LogP contribution >= 0.6 is 15.9 Å². The van der Waals surface area contributed by atoms with Gasteiger partial charge in [-0.05, 0) is 42.0 Å². The summed E-state index contributed by atoms with van der Waals surface area (Å²) < 4.78 is 16.9. The second-order valence-corrected chi connectivity index (χ2v) is 6.03. The molecule has 0 amide bonds. The molecule has 4 nitrogen and oxygen atoms in total. The molecule has 0 atom stereocenters. The second-order valence-electron chi connectivity index (χ2n) is 5.12. The van der Waals surface area contributed by atoms with Crippen molar-refractivity contribution in [2.45, 2.75) is 0 Å². The van der Waals surface area contributed by atoms with Crippen molar-refractivity contribution >= 4 is 33.7 Å². The fourth-order valence-electron chi connectivity index (χ4n) is 2.40. The van der Waals surface area contributed by atoms with Crippen LogP contribution in [0.5, 0.6) is 11.5 Å². The molecule has 0 unspecified atom stereocenters. The quantitative estimate of drug-likeness (QED) is 0.575. The van der Waals surface area contributed by atoms with Gasteiger partial charge in [0.05, 0.1) is 25.4 Å². The molecular formula is C19H15BrO4. The number of ether oxygens (including phenoxy) is 3. The molecule has 0 fully saturated rings. The number of rotatable bonds is 4. The molecular weight excluding hydrogens is 372 g/mol. The number of hydrogen-bond donors (Lipinski definition) is 0. The van der Waals surface area contributed by atoms with E-state index >= 15 is 0 Å². The van der Waals surface area contributed by atoms with Crippen LogP contribution in [0.1, 0.15) is 11.1 Å². The summed E-state index contributed by atoms with van der Waals surface area (Å²) in [7, 11) is 3.15. The van der Waals surface area contributed by atoms with Crippen molar-refractivity contribution in [3.05, 3.63) is 69.7 Å². The van der Waals surface area contributed by atoms with Crippen molar-refractivity contribution in [2.75, 3.05) is 14.2 Å². The third kappa shape index (κ3) is 3.36. The van der Waals surface area contributed by atoms with Crippen molar-refractivity contribution in [1.29, 1.82) is 0 Å². The lowest BCUT2D eigenvalue weighted by Crippen LogP contribution is -1.98. The molecule has 24 heavy (non-hydrogen) atoms. The maximum absolute atomic E-state index is 12.2. The average Bonchev–Trinajstić information content (AvgIpc) is 2.94. The maximum atomic E-state index is 12.2. The summed E-state index contributed by atoms with van der Waals surface area (Å²) in [6.45, 7) is 0. The molecule has 0 spiro atoms. The average molecular weight is 387 g/mol. The number of carbonyl (C=O) groups is 1. The summed E-state index contributed by atoms with van der Waals surface area (Å²) in [5.41, 5.74) is 2.10. The van der Waals surface area contributed by atoms with Gasteiger partial charge in [0.1, 0.15) is 17.3 Å². The Labute approximate surface area is 148 Å². The Kier molecular flexibility index (Phi) is 4.71. The summed E-state index contributed by atoms with van der Waals surface area (Å²) >= 11 is 3.42. The topological polar surface area (TPSA) is 44.8 Å². The molecule has 0 radical (unpaired) electrons. The van der Waals surface area contributed by atoms with Gasteiger partial charge in [-0.15, -0.1) is 0 Å². The zero-order valence-corrected chi connectivity index (χ0v) is 14.8. The molecule has 5 heteroatoms. The summed E-state index contributed by atoms with van der Waals surface area (Å²) in [6, 6.07) is 13.0. The highest BCUT2D eigenvalue weighted by atomic mass is 79.9. The van der Waals surface area contributed by atoms with E-state index in [-0.39, 0.29) is 5.97 Å². The Morgan fingerprint density at radius 1 is 1.08 bits per heavy atom. The van der Waals surface area contributed by atoms with Crippen LogP contribution in [0.4, 0.5) is 0 Å². The van der Waals surface area contributed by atoms with Crippen molar-refractivity contribution in [2.24, 2.45) is 0 Å². The highest BCUT2D eigenvalue weighted by Gasteiger charge is 2.24. The lowest BCUT2D eigenvalue weighted by molar-refractivity contribution is -0.130. The molecule has 0 bridgehead atoms. The van der Waals surface area contributed by atoms with Gasteiger partial charge in [0.25, 0.3) is 0 Å². The van der Waals surface area contributed by atoms with E-state index in [0.717, 1.165) is 10.0 Å². The largest absolute Gasteiger partial charge is 0.497 e. The van der Waals surface area contributed by atoms with Gasteiger partial charge in [0, 0.05) is 10.5 Å². The lowest BCUT2D eigenvalue weighted by atomic mass is 10.1. The van der Waals surface area contributed by atoms with E-state index < -0.39 is 0 Å². The van der Waals surface area contributed by atoms with Gasteiger partial charge >= 0.3 is 5.97 Å². The minimum absolute atomic E-state index is 0.386. The van der Waals surface area contributed by atoms with Gasteiger partial charge in [-0.1, -0.05) is 28.1 Å². The monoisotopic (exact) mass is 386 g/mol. The van der Waals surface area contributed by atoms with Crippen LogP contribution < -0.4 is 9.47 Å². The third-order valence-corrected chi connectivity index (χ3v) is 4.06. The predicted octanol–water partition coefficient (Wildman–Crippen LogP) is 4.45. The highest BCUT2D eigenvalue weighted by Crippen LogP contribution is 2.35. The summed E-state index contributed by atoms with van der Waals surface area (Å²) in [6.07, 6.45) is 3.50. The van der Waals surface area contributed by atoms with Crippen molar-refractivity contribution < 1.29 is 19.0 Å². The molecule has 1 aliphatic rings. The second kappa shape index (κ2) is 6.93. The third-order valence-electron chi connectivity index (χ3n) is 3.57. The predicted molar refractivity (Wildman–Crippen MR) is 95.7 cm³/mol. The molecule has 0 saturated carbocycles. The van der Waals surface area contributed by atoms with Crippen LogP contribution in [0, 0.1) is 0 Å². The summed E-state index contributed by atoms with van der Waals surface area (Å²) in [4.78, 5) is 12.2. The molecule has 0 aliphatic carbocycles. The fourth-order valence-corrected chi connectivity index (χ4v) is 2.82. The fraction of sp³-hybridized carbons (Fsp3) is 0.105. The van der Waals surface area contributed by atoms with Gasteiger partial charge in [-0.2, -0.15) is 0 Å². The van der Waals surface area contributed by atoms with Crippen LogP contribution in [0.2, 0.25) is 0 Å². The number of carbonyl (C=O) groups excluding carboxylic acids is 1. The van der Waals surface area contributed by atoms with Gasteiger partial charge in [0.2, 0.25) is 0 Å². The highest BCUT2D eigenvalue weighted by molar-refractivity contribution is 9.10. The molecule has 122 valence electrons. The lowest BCUT2D eigenvalue weighted by Gasteiger charge is -2.10. The SMILES string of the molecule is COc1ccc(C2=C/C(=C\c3cccc(Br)c3)C(=O)O2)c(OC)c1. The number of hydrogen-bond acceptors (Lipinski definition) is 4. The van der Waals surface area contributed by atoms with E-state index in [1.165, 1.54) is 0 Å². The first-order valence-corrected chi connectivity index (χ1v) is 8.03. The number of halogens is 1. The van der Waals surface area contributed by atoms with Crippen molar-refractivity contribution in [1.82, 2.24) is 0 Å². The Bertz CT molecular complexity index is 852. The number of benzene rings is 2. The number of esters is 1. The van der Waals surface area contributed by atoms with Crippen LogP contribution in [0.15, 0.2) is 58.6 Å². The molecule has 0 N–H and O–H groups in total. The molecule has 3 rings (SSSR count). The van der Waals surface area contributed by atoms with E-state index in [9.17, 15) is 4.79 Å². The standard InChI is InChI=1S/C19H15BrO4/c1-22-15-6-7-16(17(11-15)23-2)18-10-13(19(21)24-18)8-12-4-3-5-14(20)9-12/h3-11H,1-2H3/b13-8+. The molecule has 1 aliphatic heterocycles. The minimum Gasteiger partial charge on any atom is -0.497 e. The van der Waals surface area contributed by atoms with Gasteiger partial charge in [0.15, 0.2) is 0 Å². The first-order chi connectivity index (χ1) is 11.6. The summed E-state index contributed by atoms with van der Waals surface area (Å²) in [5.74, 6) is 1.33. The van der Waals surface area contributed by atoms with Crippen LogP contribution in [-0.2, 0) is 9.53 Å².